The Kier molecular flexibility index (Phi) is 8.19. The van der Waals surface area contributed by atoms with E-state index in [1.807, 2.05) is 48.5 Å². The minimum absolute atomic E-state index is 0.104. The van der Waals surface area contributed by atoms with Crippen molar-refractivity contribution < 1.29 is 9.53 Å². The molecule has 172 valence electrons. The Labute approximate surface area is 225 Å². The Hall–Kier alpha value is -2.48. The number of aryl methyl sites for hydroxylation is 1. The molecule has 0 radical (unpaired) electrons. The van der Waals surface area contributed by atoms with E-state index >= 15 is 0 Å². The number of nitrogens with one attached hydrogen (secondary N) is 2. The number of carbonyl (C=O) groups is 1. The van der Waals surface area contributed by atoms with E-state index in [4.69, 9.17) is 4.74 Å². The average molecular weight is 646 g/mol. The lowest BCUT2D eigenvalue weighted by Gasteiger charge is -2.13. The molecule has 1 atom stereocenters. The van der Waals surface area contributed by atoms with Crippen LogP contribution < -0.4 is 15.4 Å². The van der Waals surface area contributed by atoms with Gasteiger partial charge in [-0.1, -0.05) is 49.0 Å². The Morgan fingerprint density at radius 3 is 2.71 bits per heavy atom. The van der Waals surface area contributed by atoms with Crippen LogP contribution in [0.1, 0.15) is 29.2 Å². The van der Waals surface area contributed by atoms with Crippen molar-refractivity contribution in [1.29, 1.82) is 5.26 Å². The summed E-state index contributed by atoms with van der Waals surface area (Å²) in [5.41, 5.74) is 4.34. The van der Waals surface area contributed by atoms with Crippen LogP contribution >= 0.6 is 50.3 Å². The molecule has 2 N–H and O–H groups in total. The lowest BCUT2D eigenvalue weighted by molar-refractivity contribution is -0.116. The zero-order valence-corrected chi connectivity index (χ0v) is 22.8. The molecule has 34 heavy (non-hydrogen) atoms. The number of nitrogens with zero attached hydrogens (tertiary/aromatic N) is 1. The van der Waals surface area contributed by atoms with Crippen LogP contribution in [0, 0.1) is 14.9 Å². The van der Waals surface area contributed by atoms with E-state index in [1.165, 1.54) is 17.3 Å². The van der Waals surface area contributed by atoms with Crippen LogP contribution in [0.25, 0.3) is 6.08 Å². The first kappa shape index (κ1) is 24.6. The maximum atomic E-state index is 12.5. The minimum Gasteiger partial charge on any atom is -0.487 e. The van der Waals surface area contributed by atoms with Crippen molar-refractivity contribution >= 4 is 68.0 Å². The Bertz CT molecular complexity index is 1260. The Morgan fingerprint density at radius 2 is 2.00 bits per heavy atom. The monoisotopic (exact) mass is 645 g/mol. The van der Waals surface area contributed by atoms with Gasteiger partial charge in [0.15, 0.2) is 5.50 Å². The van der Waals surface area contributed by atoms with Crippen molar-refractivity contribution in [2.75, 3.05) is 5.32 Å². The van der Waals surface area contributed by atoms with Gasteiger partial charge in [-0.05, 0) is 92.5 Å². The van der Waals surface area contributed by atoms with Crippen LogP contribution in [-0.4, -0.2) is 11.4 Å². The van der Waals surface area contributed by atoms with Gasteiger partial charge < -0.3 is 15.4 Å². The molecule has 0 unspecified atom stereocenters. The summed E-state index contributed by atoms with van der Waals surface area (Å²) in [5.74, 6) is 0.598. The molecule has 3 aromatic rings. The second kappa shape index (κ2) is 11.3. The third-order valence-electron chi connectivity index (χ3n) is 5.22. The summed E-state index contributed by atoms with van der Waals surface area (Å²) in [6, 6.07) is 21.7. The third kappa shape index (κ3) is 5.95. The van der Waals surface area contributed by atoms with Crippen molar-refractivity contribution in [2.24, 2.45) is 0 Å². The first-order valence-corrected chi connectivity index (χ1v) is 13.4. The molecule has 0 saturated carbocycles. The van der Waals surface area contributed by atoms with E-state index in [9.17, 15) is 10.1 Å². The summed E-state index contributed by atoms with van der Waals surface area (Å²) in [4.78, 5) is 13.2. The summed E-state index contributed by atoms with van der Waals surface area (Å²) in [5, 5.41) is 15.6. The van der Waals surface area contributed by atoms with Crippen molar-refractivity contribution in [3.8, 4) is 11.8 Å². The fourth-order valence-electron chi connectivity index (χ4n) is 3.41. The molecular weight excluding hydrogens is 625 g/mol. The summed E-state index contributed by atoms with van der Waals surface area (Å²) in [7, 11) is 0. The fraction of sp³-hybridized carbons (Fsp3) is 0.154. The number of benzene rings is 3. The molecule has 1 heterocycles. The first-order chi connectivity index (χ1) is 16.5. The molecule has 1 amide bonds. The Balaban J connectivity index is 1.45. The van der Waals surface area contributed by atoms with E-state index in [1.54, 1.807) is 6.07 Å². The molecule has 0 spiro atoms. The van der Waals surface area contributed by atoms with Crippen molar-refractivity contribution in [1.82, 2.24) is 5.32 Å². The van der Waals surface area contributed by atoms with Gasteiger partial charge in [-0.3, -0.25) is 4.79 Å². The number of anilines is 1. The number of ether oxygens (including phenoxy) is 1. The van der Waals surface area contributed by atoms with Gasteiger partial charge in [0.05, 0.1) is 24.6 Å². The molecule has 1 aliphatic rings. The zero-order valence-electron chi connectivity index (χ0n) is 18.3. The van der Waals surface area contributed by atoms with Crippen molar-refractivity contribution in [2.45, 2.75) is 25.4 Å². The number of carbonyl (C=O) groups excluding carboxylic acids is 1. The lowest BCUT2D eigenvalue weighted by atomic mass is 10.1. The van der Waals surface area contributed by atoms with E-state index in [2.05, 4.69) is 74.3 Å². The molecule has 0 aromatic heterocycles. The number of amides is 1. The number of hydrogen-bond acceptors (Lipinski definition) is 5. The number of thioether (sulfide) groups is 1. The second-order valence-electron chi connectivity index (χ2n) is 7.55. The number of nitriles is 1. The SMILES string of the molecule is CCc1ccc(N[C@@H]2NC(=O)/C(=C/c3cc(Br)c(OCc4ccccc4C#N)c(I)c3)S2)cc1. The van der Waals surface area contributed by atoms with Gasteiger partial charge in [0.2, 0.25) is 0 Å². The van der Waals surface area contributed by atoms with E-state index < -0.39 is 0 Å². The zero-order chi connectivity index (χ0) is 24.1. The van der Waals surface area contributed by atoms with Gasteiger partial charge >= 0.3 is 0 Å². The van der Waals surface area contributed by atoms with E-state index in [-0.39, 0.29) is 11.4 Å². The number of rotatable bonds is 7. The van der Waals surface area contributed by atoms with Gasteiger partial charge in [0.25, 0.3) is 5.91 Å². The molecule has 8 heteroatoms. The summed E-state index contributed by atoms with van der Waals surface area (Å²) in [6.45, 7) is 2.42. The predicted molar refractivity (Wildman–Crippen MR) is 149 cm³/mol. The van der Waals surface area contributed by atoms with Crippen LogP contribution in [0.15, 0.2) is 70.0 Å². The van der Waals surface area contributed by atoms with Crippen LogP contribution in [-0.2, 0) is 17.8 Å². The van der Waals surface area contributed by atoms with Gasteiger partial charge in [-0.25, -0.2) is 0 Å². The first-order valence-electron chi connectivity index (χ1n) is 10.6. The van der Waals surface area contributed by atoms with Crippen LogP contribution in [0.2, 0.25) is 0 Å². The maximum Gasteiger partial charge on any atom is 0.260 e. The molecule has 1 saturated heterocycles. The molecule has 0 bridgehead atoms. The standard InChI is InChI=1S/C26H21BrIN3O2S/c1-2-16-7-9-20(10-8-16)30-26-31-25(32)23(34-26)13-17-11-21(27)24(22(28)12-17)33-15-19-6-4-3-5-18(19)14-29/h3-13,26,30H,2,15H2,1H3,(H,31,32)/b23-13-/t26-/m1/s1. The molecular formula is C26H21BrIN3O2S. The summed E-state index contributed by atoms with van der Waals surface area (Å²) >= 11 is 7.27. The summed E-state index contributed by atoms with van der Waals surface area (Å²) in [6.07, 6.45) is 2.87. The lowest BCUT2D eigenvalue weighted by Crippen LogP contribution is -2.30. The van der Waals surface area contributed by atoms with Gasteiger partial charge in [-0.2, -0.15) is 5.26 Å². The third-order valence-corrected chi connectivity index (χ3v) is 7.64. The quantitative estimate of drug-likeness (QED) is 0.222. The highest BCUT2D eigenvalue weighted by Gasteiger charge is 2.27. The number of halogens is 2. The topological polar surface area (TPSA) is 74.2 Å². The molecule has 1 aliphatic heterocycles. The smallest absolute Gasteiger partial charge is 0.260 e. The van der Waals surface area contributed by atoms with E-state index in [0.29, 0.717) is 22.8 Å². The average Bonchev–Trinajstić information content (AvgIpc) is 3.17. The number of hydrogen-bond donors (Lipinski definition) is 2. The fourth-order valence-corrected chi connectivity index (χ4v) is 6.16. The minimum atomic E-state index is -0.225. The van der Waals surface area contributed by atoms with Crippen molar-refractivity contribution in [3.05, 3.63) is 95.9 Å². The molecule has 5 nitrogen and oxygen atoms in total. The molecule has 0 aliphatic carbocycles. The van der Waals surface area contributed by atoms with Crippen LogP contribution in [0.4, 0.5) is 5.69 Å². The highest BCUT2D eigenvalue weighted by Crippen LogP contribution is 2.36. The molecule has 1 fully saturated rings. The Morgan fingerprint density at radius 1 is 1.24 bits per heavy atom. The van der Waals surface area contributed by atoms with Crippen molar-refractivity contribution in [3.63, 3.8) is 0 Å². The predicted octanol–water partition coefficient (Wildman–Crippen LogP) is 6.67. The maximum absolute atomic E-state index is 12.5. The largest absolute Gasteiger partial charge is 0.487 e. The van der Waals surface area contributed by atoms with E-state index in [0.717, 1.165) is 31.3 Å². The van der Waals surface area contributed by atoms with Gasteiger partial charge in [0.1, 0.15) is 12.4 Å². The molecule has 3 aromatic carbocycles. The van der Waals surface area contributed by atoms with Crippen LogP contribution in [0.5, 0.6) is 5.75 Å². The highest BCUT2D eigenvalue weighted by atomic mass is 127. The van der Waals surface area contributed by atoms with Gasteiger partial charge in [0, 0.05) is 11.3 Å². The van der Waals surface area contributed by atoms with Gasteiger partial charge in [-0.15, -0.1) is 0 Å². The summed E-state index contributed by atoms with van der Waals surface area (Å²) < 4.78 is 7.71. The molecule has 4 rings (SSSR count). The van der Waals surface area contributed by atoms with Crippen LogP contribution in [0.3, 0.4) is 0 Å². The normalized spacial score (nSPS) is 16.2. The highest BCUT2D eigenvalue weighted by molar-refractivity contribution is 14.1. The second-order valence-corrected chi connectivity index (χ2v) is 10.7.